The van der Waals surface area contributed by atoms with E-state index >= 15 is 0 Å². The number of benzene rings is 3. The van der Waals surface area contributed by atoms with Gasteiger partial charge in [0, 0.05) is 43.5 Å². The second kappa shape index (κ2) is 4.84. The number of nitrogens with zero attached hydrogens (tertiary/aromatic N) is 1. The Morgan fingerprint density at radius 3 is 2.38 bits per heavy atom. The van der Waals surface area contributed by atoms with Gasteiger partial charge in [-0.1, -0.05) is 44.2 Å². The monoisotopic (exact) mass is 329 g/mol. The Balaban J connectivity index is 1.95. The Labute approximate surface area is 145 Å². The van der Waals surface area contributed by atoms with Gasteiger partial charge in [-0.25, -0.2) is 0 Å². The predicted molar refractivity (Wildman–Crippen MR) is 107 cm³/mol. The van der Waals surface area contributed by atoms with Gasteiger partial charge in [-0.2, -0.15) is 0 Å². The van der Waals surface area contributed by atoms with Crippen molar-refractivity contribution in [1.29, 1.82) is 0 Å². The van der Waals surface area contributed by atoms with Crippen LogP contribution in [0.25, 0.3) is 42.0 Å². The number of fused-ring (bicyclic) bond motifs is 6. The molecule has 2 aromatic heterocycles. The third kappa shape index (κ3) is 1.81. The van der Waals surface area contributed by atoms with E-state index in [-0.39, 0.29) is 0 Å². The molecule has 0 radical (unpaired) electrons. The Kier molecular flexibility index (Phi) is 2.84. The van der Waals surface area contributed by atoms with Gasteiger partial charge in [0.05, 0.1) is 5.52 Å². The average molecular weight is 329 g/mol. The van der Waals surface area contributed by atoms with Crippen molar-refractivity contribution in [2.75, 3.05) is 0 Å². The predicted octanol–water partition coefficient (Wildman–Crippen LogP) is 6.82. The van der Waals surface area contributed by atoms with Crippen molar-refractivity contribution in [3.8, 4) is 0 Å². The molecule has 0 aliphatic heterocycles. The first-order valence-corrected chi connectivity index (χ1v) is 9.28. The van der Waals surface area contributed by atoms with Crippen LogP contribution in [0.2, 0.25) is 0 Å². The van der Waals surface area contributed by atoms with Crippen LogP contribution in [0, 0.1) is 0 Å². The summed E-state index contributed by atoms with van der Waals surface area (Å²) in [5, 5.41) is 5.46. The zero-order valence-corrected chi connectivity index (χ0v) is 14.9. The Morgan fingerprint density at radius 2 is 1.54 bits per heavy atom. The summed E-state index contributed by atoms with van der Waals surface area (Å²) in [6.45, 7) is 4.51. The van der Waals surface area contributed by atoms with Crippen LogP contribution < -0.4 is 0 Å². The minimum Gasteiger partial charge on any atom is -0.344 e. The van der Waals surface area contributed by atoms with Crippen LogP contribution in [-0.2, 0) is 7.05 Å². The second-order valence-electron chi connectivity index (χ2n) is 6.95. The Morgan fingerprint density at radius 1 is 0.750 bits per heavy atom. The fraction of sp³-hybridized carbons (Fsp3) is 0.182. The summed E-state index contributed by atoms with van der Waals surface area (Å²) in [6, 6.07) is 20.4. The minimum absolute atomic E-state index is 0.555. The maximum Gasteiger partial charge on any atom is 0.0503 e. The van der Waals surface area contributed by atoms with E-state index in [2.05, 4.69) is 80.1 Å². The van der Waals surface area contributed by atoms with Crippen molar-refractivity contribution in [3.63, 3.8) is 0 Å². The number of thiophene rings is 1. The second-order valence-corrected chi connectivity index (χ2v) is 8.04. The van der Waals surface area contributed by atoms with E-state index in [4.69, 9.17) is 0 Å². The van der Waals surface area contributed by atoms with Gasteiger partial charge in [-0.05, 0) is 35.7 Å². The first-order valence-electron chi connectivity index (χ1n) is 8.47. The topological polar surface area (TPSA) is 4.93 Å². The van der Waals surface area contributed by atoms with Crippen molar-refractivity contribution >= 4 is 53.3 Å². The quantitative estimate of drug-likeness (QED) is 0.318. The molecule has 0 spiro atoms. The lowest BCUT2D eigenvalue weighted by atomic mass is 10.0. The van der Waals surface area contributed by atoms with Crippen LogP contribution in [0.3, 0.4) is 0 Å². The molecule has 24 heavy (non-hydrogen) atoms. The molecule has 5 rings (SSSR count). The highest BCUT2D eigenvalue weighted by molar-refractivity contribution is 7.25. The highest BCUT2D eigenvalue weighted by Crippen LogP contribution is 2.39. The molecule has 0 fully saturated rings. The maximum absolute atomic E-state index is 2.39. The van der Waals surface area contributed by atoms with E-state index < -0.39 is 0 Å². The molecule has 0 atom stereocenters. The molecule has 0 aliphatic rings. The number of aryl methyl sites for hydroxylation is 1. The highest BCUT2D eigenvalue weighted by Gasteiger charge is 2.13. The van der Waals surface area contributed by atoms with Gasteiger partial charge in [0.15, 0.2) is 0 Å². The van der Waals surface area contributed by atoms with Crippen LogP contribution in [0.15, 0.2) is 54.6 Å². The van der Waals surface area contributed by atoms with Crippen LogP contribution in [0.1, 0.15) is 25.3 Å². The zero-order valence-electron chi connectivity index (χ0n) is 14.1. The molecule has 1 nitrogen and oxygen atoms in total. The molecule has 2 heterocycles. The summed E-state index contributed by atoms with van der Waals surface area (Å²) < 4.78 is 5.09. The van der Waals surface area contributed by atoms with Crippen molar-refractivity contribution in [1.82, 2.24) is 4.57 Å². The largest absolute Gasteiger partial charge is 0.344 e. The first-order chi connectivity index (χ1) is 11.6. The van der Waals surface area contributed by atoms with Crippen LogP contribution >= 0.6 is 11.3 Å². The molecule has 2 heteroatoms. The van der Waals surface area contributed by atoms with E-state index in [1.165, 1.54) is 47.5 Å². The molecule has 0 aliphatic carbocycles. The molecule has 0 saturated carbocycles. The van der Waals surface area contributed by atoms with Gasteiger partial charge in [-0.3, -0.25) is 0 Å². The molecule has 0 unspecified atom stereocenters. The minimum atomic E-state index is 0.555. The number of hydrogen-bond donors (Lipinski definition) is 0. The van der Waals surface area contributed by atoms with E-state index in [1.807, 2.05) is 11.3 Å². The molecule has 0 amide bonds. The smallest absolute Gasteiger partial charge is 0.0503 e. The summed E-state index contributed by atoms with van der Waals surface area (Å²) in [5.74, 6) is 0.555. The fourth-order valence-corrected chi connectivity index (χ4v) is 4.92. The van der Waals surface area contributed by atoms with Crippen molar-refractivity contribution in [3.05, 3.63) is 60.2 Å². The molecule has 118 valence electrons. The molecule has 0 bridgehead atoms. The van der Waals surface area contributed by atoms with Crippen molar-refractivity contribution in [2.45, 2.75) is 19.8 Å². The third-order valence-electron chi connectivity index (χ3n) is 5.20. The normalized spacial score (nSPS) is 12.3. The Bertz CT molecular complexity index is 1240. The standard InChI is InChI=1S/C22H19NS/c1-13(2)14-8-9-15-17-11-18-16-6-4-5-7-21(16)24-22(18)12-20(17)23(3)19(15)10-14/h4-13H,1-3H3. The molecule has 0 N–H and O–H groups in total. The summed E-state index contributed by atoms with van der Waals surface area (Å²) in [4.78, 5) is 0. The molecule has 3 aromatic carbocycles. The lowest BCUT2D eigenvalue weighted by Gasteiger charge is -2.06. The average Bonchev–Trinajstić information content (AvgIpc) is 3.09. The summed E-state index contributed by atoms with van der Waals surface area (Å²) in [5.41, 5.74) is 4.06. The lowest BCUT2D eigenvalue weighted by Crippen LogP contribution is -1.90. The maximum atomic E-state index is 2.39. The van der Waals surface area contributed by atoms with E-state index in [0.717, 1.165) is 0 Å². The zero-order chi connectivity index (χ0) is 16.4. The highest BCUT2D eigenvalue weighted by atomic mass is 32.1. The molecule has 0 saturated heterocycles. The summed E-state index contributed by atoms with van der Waals surface area (Å²) in [7, 11) is 2.19. The van der Waals surface area contributed by atoms with Gasteiger partial charge in [0.2, 0.25) is 0 Å². The van der Waals surface area contributed by atoms with Crippen molar-refractivity contribution < 1.29 is 0 Å². The van der Waals surface area contributed by atoms with Gasteiger partial charge in [0.1, 0.15) is 0 Å². The molecule has 5 aromatic rings. The molecular weight excluding hydrogens is 310 g/mol. The lowest BCUT2D eigenvalue weighted by molar-refractivity contribution is 0.866. The third-order valence-corrected chi connectivity index (χ3v) is 6.33. The van der Waals surface area contributed by atoms with Gasteiger partial charge < -0.3 is 4.57 Å². The van der Waals surface area contributed by atoms with Gasteiger partial charge in [-0.15, -0.1) is 11.3 Å². The first kappa shape index (κ1) is 14.1. The van der Waals surface area contributed by atoms with E-state index in [0.29, 0.717) is 5.92 Å². The van der Waals surface area contributed by atoms with E-state index in [9.17, 15) is 0 Å². The SMILES string of the molecule is CC(C)c1ccc2c3cc4c(cc3n(C)c2c1)sc1ccccc14. The summed E-state index contributed by atoms with van der Waals surface area (Å²) in [6.07, 6.45) is 0. The van der Waals surface area contributed by atoms with Crippen LogP contribution in [-0.4, -0.2) is 4.57 Å². The number of hydrogen-bond acceptors (Lipinski definition) is 1. The van der Waals surface area contributed by atoms with Gasteiger partial charge in [0.25, 0.3) is 0 Å². The van der Waals surface area contributed by atoms with Crippen LogP contribution in [0.4, 0.5) is 0 Å². The number of aromatic nitrogens is 1. The van der Waals surface area contributed by atoms with Crippen molar-refractivity contribution in [2.24, 2.45) is 7.05 Å². The Hall–Kier alpha value is -2.32. The molecular formula is C22H19NS. The van der Waals surface area contributed by atoms with Crippen LogP contribution in [0.5, 0.6) is 0 Å². The summed E-state index contributed by atoms with van der Waals surface area (Å²) >= 11 is 1.89. The van der Waals surface area contributed by atoms with E-state index in [1.54, 1.807) is 0 Å². The number of rotatable bonds is 1. The van der Waals surface area contributed by atoms with Gasteiger partial charge >= 0.3 is 0 Å². The fourth-order valence-electron chi connectivity index (χ4n) is 3.80.